The number of thiazole rings is 1. The lowest BCUT2D eigenvalue weighted by molar-refractivity contribution is -0.117. The lowest BCUT2D eigenvalue weighted by Gasteiger charge is -2.24. The average Bonchev–Trinajstić information content (AvgIpc) is 3.62. The quantitative estimate of drug-likeness (QED) is 0.259. The Hall–Kier alpha value is -4.02. The Labute approximate surface area is 214 Å². The molecule has 0 spiro atoms. The number of aliphatic hydroxyl groups excluding tert-OH is 1. The molecular weight excluding hydrogens is 500 g/mol. The number of rotatable bonds is 7. The van der Waals surface area contributed by atoms with Gasteiger partial charge in [-0.25, -0.2) is 9.78 Å². The Morgan fingerprint density at radius 2 is 1.92 bits per heavy atom. The van der Waals surface area contributed by atoms with Crippen molar-refractivity contribution < 1.29 is 29.0 Å². The molecule has 182 valence electrons. The number of carbonyl (C=O) groups excluding carboxylic acids is 3. The fraction of sp³-hybridized carbons (Fsp3) is 0.154. The first kappa shape index (κ1) is 23.7. The molecule has 36 heavy (non-hydrogen) atoms. The summed E-state index contributed by atoms with van der Waals surface area (Å²) >= 11 is 2.48. The van der Waals surface area contributed by atoms with Gasteiger partial charge in [-0.2, -0.15) is 0 Å². The second kappa shape index (κ2) is 9.56. The second-order valence-corrected chi connectivity index (χ2v) is 9.78. The van der Waals surface area contributed by atoms with Gasteiger partial charge in [0.15, 0.2) is 10.9 Å². The van der Waals surface area contributed by atoms with E-state index in [4.69, 9.17) is 9.47 Å². The molecule has 10 heteroatoms. The third-order valence-corrected chi connectivity index (χ3v) is 7.60. The van der Waals surface area contributed by atoms with Crippen LogP contribution >= 0.6 is 22.7 Å². The molecule has 0 unspecified atom stereocenters. The fourth-order valence-electron chi connectivity index (χ4n) is 4.06. The number of hydrogen-bond acceptors (Lipinski definition) is 9. The number of anilines is 1. The highest BCUT2D eigenvalue weighted by atomic mass is 32.1. The molecule has 1 aliphatic heterocycles. The molecule has 2 aromatic carbocycles. The molecule has 0 aliphatic carbocycles. The molecule has 0 bridgehead atoms. The summed E-state index contributed by atoms with van der Waals surface area (Å²) in [5.41, 5.74) is 1.47. The highest BCUT2D eigenvalue weighted by molar-refractivity contribution is 7.22. The van der Waals surface area contributed by atoms with Crippen LogP contribution in [0.3, 0.4) is 0 Å². The number of ether oxygens (including phenoxy) is 2. The number of benzene rings is 2. The first-order valence-corrected chi connectivity index (χ1v) is 12.7. The van der Waals surface area contributed by atoms with Gasteiger partial charge in [0, 0.05) is 0 Å². The number of carbonyl (C=O) groups is 3. The zero-order valence-electron chi connectivity index (χ0n) is 19.3. The van der Waals surface area contributed by atoms with Crippen molar-refractivity contribution in [1.82, 2.24) is 4.98 Å². The first-order valence-electron chi connectivity index (χ1n) is 11.0. The smallest absolute Gasteiger partial charge is 0.337 e. The summed E-state index contributed by atoms with van der Waals surface area (Å²) in [4.78, 5) is 45.1. The maximum absolute atomic E-state index is 13.4. The summed E-state index contributed by atoms with van der Waals surface area (Å²) in [6.45, 7) is 2.40. The van der Waals surface area contributed by atoms with Gasteiger partial charge in [-0.3, -0.25) is 14.5 Å². The van der Waals surface area contributed by atoms with Crippen LogP contribution in [0.15, 0.2) is 71.3 Å². The van der Waals surface area contributed by atoms with Crippen LogP contribution in [0.4, 0.5) is 5.13 Å². The Kier molecular flexibility index (Phi) is 6.29. The zero-order chi connectivity index (χ0) is 25.4. The highest BCUT2D eigenvalue weighted by Gasteiger charge is 2.46. The Balaban J connectivity index is 1.63. The van der Waals surface area contributed by atoms with E-state index in [1.807, 2.05) is 13.0 Å². The molecule has 4 aromatic rings. The number of fused-ring (bicyclic) bond motifs is 1. The summed E-state index contributed by atoms with van der Waals surface area (Å²) < 4.78 is 11.1. The largest absolute Gasteiger partial charge is 0.503 e. The van der Waals surface area contributed by atoms with E-state index in [1.165, 1.54) is 34.7 Å². The van der Waals surface area contributed by atoms with Crippen molar-refractivity contribution in [2.45, 2.75) is 13.0 Å². The molecule has 0 radical (unpaired) electrons. The molecule has 0 saturated carbocycles. The third-order valence-electron chi connectivity index (χ3n) is 5.71. The van der Waals surface area contributed by atoms with E-state index in [0.29, 0.717) is 39.0 Å². The van der Waals surface area contributed by atoms with Crippen molar-refractivity contribution in [2.24, 2.45) is 0 Å². The molecule has 0 saturated heterocycles. The number of nitrogens with zero attached hydrogens (tertiary/aromatic N) is 2. The minimum atomic E-state index is -0.939. The maximum atomic E-state index is 13.4. The average molecular weight is 521 g/mol. The van der Waals surface area contributed by atoms with E-state index >= 15 is 0 Å². The highest BCUT2D eigenvalue weighted by Crippen LogP contribution is 2.44. The van der Waals surface area contributed by atoms with Gasteiger partial charge in [0.25, 0.3) is 5.91 Å². The monoisotopic (exact) mass is 520 g/mol. The van der Waals surface area contributed by atoms with Gasteiger partial charge in [-0.15, -0.1) is 11.3 Å². The van der Waals surface area contributed by atoms with Crippen LogP contribution in [0.2, 0.25) is 0 Å². The number of aliphatic hydroxyl groups is 1. The zero-order valence-corrected chi connectivity index (χ0v) is 20.9. The Bertz CT molecular complexity index is 1510. The predicted molar refractivity (Wildman–Crippen MR) is 137 cm³/mol. The van der Waals surface area contributed by atoms with Crippen LogP contribution in [0.1, 0.15) is 38.6 Å². The molecule has 3 heterocycles. The second-order valence-electron chi connectivity index (χ2n) is 7.82. The lowest BCUT2D eigenvalue weighted by Crippen LogP contribution is -2.31. The Morgan fingerprint density at radius 3 is 2.58 bits per heavy atom. The maximum Gasteiger partial charge on any atom is 0.337 e. The van der Waals surface area contributed by atoms with Crippen LogP contribution in [0, 0.1) is 0 Å². The summed E-state index contributed by atoms with van der Waals surface area (Å²) in [6.07, 6.45) is 0. The third kappa shape index (κ3) is 4.04. The van der Waals surface area contributed by atoms with Crippen molar-refractivity contribution in [3.63, 3.8) is 0 Å². The van der Waals surface area contributed by atoms with Crippen LogP contribution in [-0.4, -0.2) is 41.5 Å². The van der Waals surface area contributed by atoms with Crippen LogP contribution in [0.5, 0.6) is 5.75 Å². The van der Waals surface area contributed by atoms with Gasteiger partial charge in [0.05, 0.1) is 46.0 Å². The van der Waals surface area contributed by atoms with Gasteiger partial charge < -0.3 is 14.6 Å². The van der Waals surface area contributed by atoms with Crippen molar-refractivity contribution in [3.05, 3.63) is 87.3 Å². The predicted octanol–water partition coefficient (Wildman–Crippen LogP) is 5.33. The SMILES string of the molecule is CCOc1ccc2nc(N3C(=O)C(O)=C(C(=O)c4cccs4)[C@@H]3c3ccc(C(=O)OC)cc3)sc2c1. The molecule has 5 rings (SSSR count). The molecule has 1 amide bonds. The number of Topliss-reactive ketones (excluding diaryl/α,β-unsaturated/α-hetero) is 1. The van der Waals surface area contributed by atoms with Crippen LogP contribution in [0.25, 0.3) is 10.2 Å². The summed E-state index contributed by atoms with van der Waals surface area (Å²) in [5.74, 6) is -1.62. The van der Waals surface area contributed by atoms with Gasteiger partial charge in [-0.1, -0.05) is 29.5 Å². The van der Waals surface area contributed by atoms with Gasteiger partial charge in [-0.05, 0) is 54.3 Å². The minimum absolute atomic E-state index is 0.0393. The first-order chi connectivity index (χ1) is 17.4. The molecular formula is C26H20N2O6S2. The molecule has 1 N–H and O–H groups in total. The molecule has 0 fully saturated rings. The van der Waals surface area contributed by atoms with Crippen molar-refractivity contribution in [1.29, 1.82) is 0 Å². The van der Waals surface area contributed by atoms with Crippen molar-refractivity contribution >= 4 is 55.7 Å². The fourth-order valence-corrected chi connectivity index (χ4v) is 5.76. The van der Waals surface area contributed by atoms with E-state index in [9.17, 15) is 19.5 Å². The van der Waals surface area contributed by atoms with Gasteiger partial charge in [0.1, 0.15) is 5.75 Å². The van der Waals surface area contributed by atoms with E-state index in [1.54, 1.807) is 53.9 Å². The van der Waals surface area contributed by atoms with Crippen LogP contribution < -0.4 is 9.64 Å². The van der Waals surface area contributed by atoms with Gasteiger partial charge in [0.2, 0.25) is 5.78 Å². The molecule has 1 aliphatic rings. The number of ketones is 1. The molecule has 8 nitrogen and oxygen atoms in total. The number of thiophene rings is 1. The van der Waals surface area contributed by atoms with Crippen molar-refractivity contribution in [2.75, 3.05) is 18.6 Å². The molecule has 1 atom stereocenters. The summed E-state index contributed by atoms with van der Waals surface area (Å²) in [5, 5.41) is 13.0. The van der Waals surface area contributed by atoms with E-state index in [-0.39, 0.29) is 5.57 Å². The minimum Gasteiger partial charge on any atom is -0.503 e. The van der Waals surface area contributed by atoms with E-state index < -0.39 is 29.5 Å². The molecule has 2 aromatic heterocycles. The summed E-state index contributed by atoms with van der Waals surface area (Å²) in [7, 11) is 1.29. The topological polar surface area (TPSA) is 106 Å². The summed E-state index contributed by atoms with van der Waals surface area (Å²) in [6, 6.07) is 14.3. The number of aromatic nitrogens is 1. The Morgan fingerprint density at radius 1 is 1.14 bits per heavy atom. The van der Waals surface area contributed by atoms with E-state index in [0.717, 1.165) is 4.70 Å². The van der Waals surface area contributed by atoms with Crippen LogP contribution in [-0.2, 0) is 9.53 Å². The van der Waals surface area contributed by atoms with Crippen molar-refractivity contribution in [3.8, 4) is 5.75 Å². The number of esters is 1. The number of methoxy groups -OCH3 is 1. The van der Waals surface area contributed by atoms with E-state index in [2.05, 4.69) is 4.98 Å². The normalized spacial score (nSPS) is 15.6. The number of amides is 1. The number of hydrogen-bond donors (Lipinski definition) is 1. The standard InChI is InChI=1S/C26H20N2O6S2/c1-3-34-16-10-11-17-19(13-16)36-26(27-17)28-21(14-6-8-15(9-7-14)25(32)33-2)20(23(30)24(28)31)22(29)18-5-4-12-35-18/h4-13,21,30H,3H2,1-2H3/t21-/m0/s1. The van der Waals surface area contributed by atoms with Gasteiger partial charge >= 0.3 is 5.97 Å². The lowest BCUT2D eigenvalue weighted by atomic mass is 9.95.